The molecule has 3 fully saturated rings. The van der Waals surface area contributed by atoms with E-state index in [0.717, 1.165) is 0 Å². The lowest BCUT2D eigenvalue weighted by atomic mass is 9.70. The maximum atomic E-state index is 15.3. The van der Waals surface area contributed by atoms with Gasteiger partial charge in [-0.1, -0.05) is 110 Å². The van der Waals surface area contributed by atoms with Crippen LogP contribution in [0, 0.1) is 17.3 Å². The zero-order chi connectivity index (χ0) is 38.7. The number of alkyl halides is 1. The Bertz CT molecular complexity index is 1660. The number of carbonyl (C=O) groups excluding carboxylic acids is 4. The van der Waals surface area contributed by atoms with Crippen molar-refractivity contribution in [2.75, 3.05) is 19.7 Å². The van der Waals surface area contributed by atoms with E-state index in [4.69, 9.17) is 9.47 Å². The van der Waals surface area contributed by atoms with Crippen LogP contribution >= 0.6 is 15.9 Å². The molecule has 2 aromatic carbocycles. The first-order chi connectivity index (χ1) is 25.1. The highest BCUT2D eigenvalue weighted by Crippen LogP contribution is 2.62. The molecule has 2 bridgehead atoms. The summed E-state index contributed by atoms with van der Waals surface area (Å²) in [7, 11) is 0. The Morgan fingerprint density at radius 3 is 2.25 bits per heavy atom. The second-order valence-corrected chi connectivity index (χ2v) is 17.4. The zero-order valence-electron chi connectivity index (χ0n) is 31.5. The van der Waals surface area contributed by atoms with Gasteiger partial charge in [0.1, 0.15) is 17.7 Å². The zero-order valence-corrected chi connectivity index (χ0v) is 33.1. The van der Waals surface area contributed by atoms with Gasteiger partial charge in [0, 0.05) is 23.3 Å². The number of allylic oxidation sites excluding steroid dienone is 1. The molecule has 10 nitrogen and oxygen atoms in total. The Hall–Kier alpha value is -3.80. The van der Waals surface area contributed by atoms with Crippen molar-refractivity contribution in [1.29, 1.82) is 0 Å². The van der Waals surface area contributed by atoms with Crippen molar-refractivity contribution >= 4 is 39.6 Å². The van der Waals surface area contributed by atoms with E-state index in [-0.39, 0.29) is 41.6 Å². The van der Waals surface area contributed by atoms with Crippen LogP contribution in [-0.2, 0) is 28.7 Å². The number of likely N-dealkylation sites (tertiary alicyclic amines) is 1. The second kappa shape index (κ2) is 16.3. The second-order valence-electron chi connectivity index (χ2n) is 16.3. The van der Waals surface area contributed by atoms with Gasteiger partial charge in [-0.05, 0) is 49.7 Å². The predicted octanol–water partition coefficient (Wildman–Crippen LogP) is 6.06. The van der Waals surface area contributed by atoms with E-state index >= 15 is 9.59 Å². The normalized spacial score (nSPS) is 26.1. The van der Waals surface area contributed by atoms with Crippen LogP contribution in [0.15, 0.2) is 86.0 Å². The summed E-state index contributed by atoms with van der Waals surface area (Å²) in [4.78, 5) is 60.4. The lowest BCUT2D eigenvalue weighted by molar-refractivity contribution is -0.161. The Labute approximate surface area is 322 Å². The third kappa shape index (κ3) is 8.17. The van der Waals surface area contributed by atoms with Crippen molar-refractivity contribution in [3.8, 4) is 0 Å². The summed E-state index contributed by atoms with van der Waals surface area (Å²) >= 11 is 3.76. The molecule has 0 aromatic heterocycles. The molecule has 0 radical (unpaired) electrons. The number of halogens is 1. The van der Waals surface area contributed by atoms with E-state index in [0.29, 0.717) is 30.4 Å². The summed E-state index contributed by atoms with van der Waals surface area (Å²) in [5.41, 5.74) is -0.849. The standard InChI is InChI=1S/C42H54BrN3O7/c1-8-10-21-32(48)44-24-31(28-19-15-12-16-20-28)52-39(51)33-34-37(49)46(30(25-47)27-17-13-11-14-18-27)36(42(34)23-29(43)35(33)53-42)38(50)45(22-9-2)41(6,7)26-40(3,4)5/h8-9,11-20,29-31,33-36,47H,1-2,10,21-26H2,3-7H3,(H,44,48)/t29?,30-,31+,33-,34+,35-,36-,42+/m1/s1. The van der Waals surface area contributed by atoms with Gasteiger partial charge >= 0.3 is 5.97 Å². The van der Waals surface area contributed by atoms with Gasteiger partial charge in [0.25, 0.3) is 0 Å². The Morgan fingerprint density at radius 2 is 1.68 bits per heavy atom. The van der Waals surface area contributed by atoms with Crippen molar-refractivity contribution in [3.63, 3.8) is 0 Å². The number of hydrogen-bond acceptors (Lipinski definition) is 7. The van der Waals surface area contributed by atoms with Crippen LogP contribution in [0.3, 0.4) is 0 Å². The van der Waals surface area contributed by atoms with E-state index < -0.39 is 65.8 Å². The van der Waals surface area contributed by atoms with Gasteiger partial charge in [0.05, 0.1) is 37.1 Å². The molecule has 2 N–H and O–H groups in total. The van der Waals surface area contributed by atoms with Gasteiger partial charge in [-0.25, -0.2) is 0 Å². The van der Waals surface area contributed by atoms with Crippen molar-refractivity contribution in [2.45, 2.75) is 101 Å². The molecular formula is C42H54BrN3O7. The molecule has 1 spiro atoms. The fourth-order valence-corrected chi connectivity index (χ4v) is 9.87. The highest BCUT2D eigenvalue weighted by molar-refractivity contribution is 9.09. The number of aliphatic hydroxyl groups is 1. The van der Waals surface area contributed by atoms with E-state index in [1.54, 1.807) is 17.1 Å². The summed E-state index contributed by atoms with van der Waals surface area (Å²) in [6.07, 6.45) is 3.44. The van der Waals surface area contributed by atoms with E-state index in [2.05, 4.69) is 55.2 Å². The summed E-state index contributed by atoms with van der Waals surface area (Å²) in [5.74, 6) is -3.76. The molecule has 2 aromatic rings. The number of rotatable bonds is 16. The number of esters is 1. The molecule has 0 saturated carbocycles. The lowest BCUT2D eigenvalue weighted by Crippen LogP contribution is -2.61. The van der Waals surface area contributed by atoms with Crippen LogP contribution in [0.25, 0.3) is 0 Å². The van der Waals surface area contributed by atoms with Gasteiger partial charge in [-0.3, -0.25) is 19.2 Å². The number of nitrogens with one attached hydrogen (secondary N) is 1. The Kier molecular flexibility index (Phi) is 12.4. The smallest absolute Gasteiger partial charge is 0.313 e. The van der Waals surface area contributed by atoms with Gasteiger partial charge in [0.15, 0.2) is 0 Å². The van der Waals surface area contributed by atoms with Crippen molar-refractivity contribution in [3.05, 3.63) is 97.1 Å². The molecule has 3 saturated heterocycles. The highest BCUT2D eigenvalue weighted by atomic mass is 79.9. The minimum atomic E-state index is -1.39. The van der Waals surface area contributed by atoms with Crippen LogP contribution < -0.4 is 5.32 Å². The number of nitrogens with zero attached hydrogens (tertiary/aromatic N) is 2. The number of benzene rings is 2. The summed E-state index contributed by atoms with van der Waals surface area (Å²) in [6, 6.07) is 16.2. The number of carbonyl (C=O) groups is 4. The SMILES string of the molecule is C=CCCC(=O)NC[C@H](OC(=O)[C@H]1[C@@H]2O[C@@]3(CC2Br)[C@@H]1C(=O)N([C@H](CO)c1ccccc1)[C@@H]3C(=O)N(CC=C)C(C)(C)CC(C)(C)C)c1ccccc1. The minimum absolute atomic E-state index is 0.0265. The van der Waals surface area contributed by atoms with Gasteiger partial charge in [0.2, 0.25) is 17.7 Å². The molecule has 53 heavy (non-hydrogen) atoms. The molecule has 5 rings (SSSR count). The largest absolute Gasteiger partial charge is 0.455 e. The number of ether oxygens (including phenoxy) is 2. The van der Waals surface area contributed by atoms with Crippen LogP contribution in [0.1, 0.15) is 83.6 Å². The topological polar surface area (TPSA) is 125 Å². The van der Waals surface area contributed by atoms with Gasteiger partial charge < -0.3 is 29.7 Å². The van der Waals surface area contributed by atoms with E-state index in [1.165, 1.54) is 4.90 Å². The van der Waals surface area contributed by atoms with Crippen LogP contribution in [0.5, 0.6) is 0 Å². The first kappa shape index (κ1) is 40.4. The predicted molar refractivity (Wildman–Crippen MR) is 207 cm³/mol. The number of hydrogen-bond donors (Lipinski definition) is 2. The van der Waals surface area contributed by atoms with E-state index in [9.17, 15) is 14.7 Å². The number of amides is 3. The molecule has 11 heteroatoms. The van der Waals surface area contributed by atoms with Crippen molar-refractivity contribution in [1.82, 2.24) is 15.1 Å². The molecule has 3 amide bonds. The molecular weight excluding hydrogens is 738 g/mol. The summed E-state index contributed by atoms with van der Waals surface area (Å²) in [5, 5.41) is 13.8. The molecule has 3 aliphatic heterocycles. The number of aliphatic hydroxyl groups excluding tert-OH is 1. The Balaban J connectivity index is 1.57. The highest BCUT2D eigenvalue weighted by Gasteiger charge is 2.78. The Morgan fingerprint density at radius 1 is 1.06 bits per heavy atom. The van der Waals surface area contributed by atoms with Crippen LogP contribution in [-0.4, -0.2) is 86.4 Å². The molecule has 0 aliphatic carbocycles. The monoisotopic (exact) mass is 791 g/mol. The van der Waals surface area contributed by atoms with E-state index in [1.807, 2.05) is 74.5 Å². The minimum Gasteiger partial charge on any atom is -0.455 e. The third-order valence-corrected chi connectivity index (χ3v) is 11.5. The van der Waals surface area contributed by atoms with Gasteiger partial charge in [-0.2, -0.15) is 0 Å². The third-order valence-electron chi connectivity index (χ3n) is 10.7. The molecule has 3 heterocycles. The van der Waals surface area contributed by atoms with Crippen LogP contribution in [0.2, 0.25) is 0 Å². The molecule has 286 valence electrons. The maximum absolute atomic E-state index is 15.3. The van der Waals surface area contributed by atoms with Crippen molar-refractivity contribution in [2.24, 2.45) is 17.3 Å². The first-order valence-electron chi connectivity index (χ1n) is 18.5. The summed E-state index contributed by atoms with van der Waals surface area (Å²) < 4.78 is 13.0. The van der Waals surface area contributed by atoms with Crippen LogP contribution in [0.4, 0.5) is 0 Å². The van der Waals surface area contributed by atoms with Crippen molar-refractivity contribution < 1.29 is 33.8 Å². The average Bonchev–Trinajstić information content (AvgIpc) is 3.71. The molecule has 1 unspecified atom stereocenters. The lowest BCUT2D eigenvalue weighted by Gasteiger charge is -2.46. The molecule has 3 aliphatic rings. The fraction of sp³-hybridized carbons (Fsp3) is 0.524. The fourth-order valence-electron chi connectivity index (χ4n) is 8.93. The average molecular weight is 793 g/mol. The number of fused-ring (bicyclic) bond motifs is 1. The first-order valence-corrected chi connectivity index (χ1v) is 19.4. The molecule has 8 atom stereocenters. The quantitative estimate of drug-likeness (QED) is 0.120. The van der Waals surface area contributed by atoms with Gasteiger partial charge in [-0.15, -0.1) is 13.2 Å². The summed E-state index contributed by atoms with van der Waals surface area (Å²) in [6.45, 7) is 17.8. The maximum Gasteiger partial charge on any atom is 0.313 e.